The summed E-state index contributed by atoms with van der Waals surface area (Å²) >= 11 is 0. The predicted molar refractivity (Wildman–Crippen MR) is 288 cm³/mol. The number of nitrogens with zero attached hydrogens (tertiary/aromatic N) is 1. The first-order valence-corrected chi connectivity index (χ1v) is 28.8. The quantitative estimate of drug-likeness (QED) is 0.0213. The monoisotopic (exact) mass is 959 g/mol. The summed E-state index contributed by atoms with van der Waals surface area (Å²) in [6.07, 6.45) is 67.8. The third-order valence-corrected chi connectivity index (χ3v) is 12.4. The molecule has 67 heavy (non-hydrogen) atoms. The zero-order chi connectivity index (χ0) is 49.0. The van der Waals surface area contributed by atoms with E-state index >= 15 is 0 Å². The Morgan fingerprint density at radius 1 is 0.478 bits per heavy atom. The van der Waals surface area contributed by atoms with Gasteiger partial charge in [-0.05, 0) is 89.9 Å². The number of phosphoric ester groups is 1. The number of likely N-dealkylation sites (N-methyl/N-ethyl adjacent to an activating group) is 1. The molecule has 2 atom stereocenters. The molecule has 8 nitrogen and oxygen atoms in total. The maximum atomic E-state index is 12.8. The van der Waals surface area contributed by atoms with Gasteiger partial charge in [0.1, 0.15) is 19.3 Å². The maximum absolute atomic E-state index is 12.8. The first kappa shape index (κ1) is 64.7. The first-order chi connectivity index (χ1) is 32.6. The molecule has 0 amide bonds. The van der Waals surface area contributed by atoms with E-state index in [1.807, 2.05) is 21.1 Å². The number of esters is 1. The third-order valence-electron chi connectivity index (χ3n) is 11.4. The average Bonchev–Trinajstić information content (AvgIpc) is 3.29. The molecule has 9 heteroatoms. The number of unbranched alkanes of at least 4 members (excludes halogenated alkanes) is 22. The summed E-state index contributed by atoms with van der Waals surface area (Å²) < 4.78 is 35.2. The Kier molecular flexibility index (Phi) is 48.3. The van der Waals surface area contributed by atoms with Gasteiger partial charge in [-0.2, -0.15) is 0 Å². The van der Waals surface area contributed by atoms with Gasteiger partial charge >= 0.3 is 13.8 Å². The van der Waals surface area contributed by atoms with Gasteiger partial charge in [0.2, 0.25) is 0 Å². The molecule has 0 aromatic rings. The zero-order valence-electron chi connectivity index (χ0n) is 44.1. The van der Waals surface area contributed by atoms with Gasteiger partial charge in [0.05, 0.1) is 34.4 Å². The molecule has 0 saturated carbocycles. The van der Waals surface area contributed by atoms with Crippen LogP contribution in [0.2, 0.25) is 0 Å². The molecule has 0 heterocycles. The second-order valence-corrected chi connectivity index (χ2v) is 20.7. The van der Waals surface area contributed by atoms with Gasteiger partial charge in [-0.3, -0.25) is 13.8 Å². The summed E-state index contributed by atoms with van der Waals surface area (Å²) in [5.74, 6) is -0.339. The molecule has 0 fully saturated rings. The second-order valence-electron chi connectivity index (χ2n) is 19.2. The van der Waals surface area contributed by atoms with Gasteiger partial charge in [0, 0.05) is 13.0 Å². The average molecular weight is 959 g/mol. The number of phosphoric acid groups is 1. The number of carbonyl (C=O) groups is 1. The normalized spacial score (nSPS) is 14.2. The van der Waals surface area contributed by atoms with Crippen molar-refractivity contribution < 1.29 is 37.3 Å². The number of allylic oxidation sites excluding steroid dienone is 14. The van der Waals surface area contributed by atoms with E-state index in [0.29, 0.717) is 24.1 Å². The van der Waals surface area contributed by atoms with Crippen LogP contribution in [0.15, 0.2) is 85.1 Å². The van der Waals surface area contributed by atoms with E-state index in [1.54, 1.807) is 0 Å². The molecule has 0 bridgehead atoms. The Morgan fingerprint density at radius 3 is 1.31 bits per heavy atom. The molecule has 2 unspecified atom stereocenters. The molecule has 1 N–H and O–H groups in total. The summed E-state index contributed by atoms with van der Waals surface area (Å²) in [4.78, 5) is 23.0. The minimum atomic E-state index is -4.30. The van der Waals surface area contributed by atoms with Crippen LogP contribution in [0.4, 0.5) is 0 Å². The van der Waals surface area contributed by atoms with Crippen molar-refractivity contribution in [2.75, 3.05) is 54.1 Å². The number of hydrogen-bond donors (Lipinski definition) is 1. The van der Waals surface area contributed by atoms with E-state index in [1.165, 1.54) is 116 Å². The van der Waals surface area contributed by atoms with Crippen molar-refractivity contribution in [1.29, 1.82) is 0 Å². The number of carbonyl (C=O) groups excluding carboxylic acids is 1. The first-order valence-electron chi connectivity index (χ1n) is 27.3. The highest BCUT2D eigenvalue weighted by atomic mass is 31.2. The Balaban J connectivity index is 4.19. The summed E-state index contributed by atoms with van der Waals surface area (Å²) in [5, 5.41) is 0. The van der Waals surface area contributed by atoms with Crippen molar-refractivity contribution in [1.82, 2.24) is 0 Å². The van der Waals surface area contributed by atoms with E-state index in [0.717, 1.165) is 83.5 Å². The van der Waals surface area contributed by atoms with Crippen LogP contribution < -0.4 is 0 Å². The summed E-state index contributed by atoms with van der Waals surface area (Å²) in [5.41, 5.74) is 0. The maximum Gasteiger partial charge on any atom is 0.472 e. The fraction of sp³-hybridized carbons (Fsp3) is 0.741. The molecule has 0 aromatic heterocycles. The second kappa shape index (κ2) is 50.1. The van der Waals surface area contributed by atoms with Gasteiger partial charge in [-0.25, -0.2) is 4.57 Å². The molecule has 0 aromatic carbocycles. The molecule has 0 aliphatic heterocycles. The highest BCUT2D eigenvalue weighted by Gasteiger charge is 2.26. The molecule has 388 valence electrons. The summed E-state index contributed by atoms with van der Waals surface area (Å²) in [6.45, 7) is 5.48. The van der Waals surface area contributed by atoms with Crippen LogP contribution in [0.1, 0.15) is 219 Å². The highest BCUT2D eigenvalue weighted by molar-refractivity contribution is 7.47. The van der Waals surface area contributed by atoms with Crippen molar-refractivity contribution in [2.45, 2.75) is 225 Å². The van der Waals surface area contributed by atoms with Gasteiger partial charge in [0.25, 0.3) is 0 Å². The van der Waals surface area contributed by atoms with Crippen molar-refractivity contribution in [2.24, 2.45) is 0 Å². The van der Waals surface area contributed by atoms with Crippen molar-refractivity contribution >= 4 is 13.8 Å². The molecule has 0 aliphatic rings. The van der Waals surface area contributed by atoms with Gasteiger partial charge in [0.15, 0.2) is 0 Å². The minimum Gasteiger partial charge on any atom is -0.457 e. The lowest BCUT2D eigenvalue weighted by atomic mass is 10.1. The fourth-order valence-electron chi connectivity index (χ4n) is 7.26. The SMILES string of the molecule is CC/C=C\C/C=C\C/C=C\C/C=C\C/C=C\C/C=C\CCCCCCC(=O)OC(COCCCCCCCCCCCC/C=C\CCCCCCCCCC)COP(=O)(O)OCC[N+](C)(C)C. The van der Waals surface area contributed by atoms with Crippen LogP contribution in [0, 0.1) is 0 Å². The van der Waals surface area contributed by atoms with E-state index in [4.69, 9.17) is 18.5 Å². The molecular formula is C58H105NO7P+. The largest absolute Gasteiger partial charge is 0.472 e. The molecule has 0 radical (unpaired) electrons. The van der Waals surface area contributed by atoms with Gasteiger partial charge < -0.3 is 18.9 Å². The third kappa shape index (κ3) is 54.5. The van der Waals surface area contributed by atoms with E-state index < -0.39 is 13.9 Å². The lowest BCUT2D eigenvalue weighted by molar-refractivity contribution is -0.870. The zero-order valence-corrected chi connectivity index (χ0v) is 45.0. The molecule has 0 rings (SSSR count). The smallest absolute Gasteiger partial charge is 0.457 e. The van der Waals surface area contributed by atoms with E-state index in [-0.39, 0.29) is 25.8 Å². The Hall–Kier alpha value is -2.32. The number of ether oxygens (including phenoxy) is 2. The predicted octanol–water partition coefficient (Wildman–Crippen LogP) is 17.2. The molecular weight excluding hydrogens is 854 g/mol. The molecule has 0 saturated heterocycles. The topological polar surface area (TPSA) is 91.3 Å². The van der Waals surface area contributed by atoms with E-state index in [2.05, 4.69) is 98.9 Å². The molecule has 0 spiro atoms. The fourth-order valence-corrected chi connectivity index (χ4v) is 8.00. The van der Waals surface area contributed by atoms with E-state index in [9.17, 15) is 14.3 Å². The number of rotatable bonds is 50. The number of quaternary nitrogens is 1. The Bertz CT molecular complexity index is 1340. The van der Waals surface area contributed by atoms with Crippen molar-refractivity contribution in [3.63, 3.8) is 0 Å². The Morgan fingerprint density at radius 2 is 0.866 bits per heavy atom. The van der Waals surface area contributed by atoms with Crippen LogP contribution in [-0.2, 0) is 27.9 Å². The van der Waals surface area contributed by atoms with Crippen molar-refractivity contribution in [3.8, 4) is 0 Å². The van der Waals surface area contributed by atoms with Gasteiger partial charge in [-0.15, -0.1) is 0 Å². The number of hydrogen-bond acceptors (Lipinski definition) is 6. The lowest BCUT2D eigenvalue weighted by Crippen LogP contribution is -2.37. The Labute approximate surface area is 414 Å². The summed E-state index contributed by atoms with van der Waals surface area (Å²) in [7, 11) is 1.64. The van der Waals surface area contributed by atoms with Crippen LogP contribution in [0.25, 0.3) is 0 Å². The van der Waals surface area contributed by atoms with Crippen LogP contribution in [-0.4, -0.2) is 75.6 Å². The lowest BCUT2D eigenvalue weighted by Gasteiger charge is -2.24. The van der Waals surface area contributed by atoms with Gasteiger partial charge in [-0.1, -0.05) is 208 Å². The molecule has 0 aliphatic carbocycles. The minimum absolute atomic E-state index is 0.0790. The van der Waals surface area contributed by atoms with Crippen molar-refractivity contribution in [3.05, 3.63) is 85.1 Å². The van der Waals surface area contributed by atoms with Crippen LogP contribution in [0.3, 0.4) is 0 Å². The van der Waals surface area contributed by atoms with Crippen LogP contribution in [0.5, 0.6) is 0 Å². The summed E-state index contributed by atoms with van der Waals surface area (Å²) in [6, 6.07) is 0. The highest BCUT2D eigenvalue weighted by Crippen LogP contribution is 2.43. The van der Waals surface area contributed by atoms with Crippen LogP contribution >= 0.6 is 7.82 Å². The standard InChI is InChI=1S/C58H104NO7P/c1-6-8-10-12-14-16-18-20-22-24-26-28-30-31-33-35-37-39-41-43-45-47-49-51-58(60)66-57(56-65-67(61,62)64-54-52-59(3,4)5)55-63-53-50-48-46-44-42-40-38-36-34-32-29-27-25-23-21-19-17-15-13-11-9-7-2/h8,10,14,16,20,22,25-28,31,33,37,39,57H,6-7,9,11-13,15,17-19,21,23-24,29-30,32,34-36,38,40-56H2,1-5H3/p+1/b10-8-,16-14-,22-20-,27-25-,28-26-,33-31-,39-37-.